The molecule has 0 saturated carbocycles. The van der Waals surface area contributed by atoms with E-state index in [4.69, 9.17) is 16.7 Å². The number of nitrogens with one attached hydrogen (secondary N) is 1. The predicted octanol–water partition coefficient (Wildman–Crippen LogP) is 3.93. The second-order valence-corrected chi connectivity index (χ2v) is 6.90. The van der Waals surface area contributed by atoms with Crippen molar-refractivity contribution < 1.29 is 0 Å². The third kappa shape index (κ3) is 3.32. The summed E-state index contributed by atoms with van der Waals surface area (Å²) in [6.07, 6.45) is 3.65. The van der Waals surface area contributed by atoms with Crippen molar-refractivity contribution in [3.63, 3.8) is 0 Å². The fourth-order valence-corrected chi connectivity index (χ4v) is 3.58. The number of benzene rings is 1. The van der Waals surface area contributed by atoms with Crippen molar-refractivity contribution in [3.05, 3.63) is 53.8 Å². The average Bonchev–Trinajstić information content (AvgIpc) is 3.14. The molecule has 1 N–H and O–H groups in total. The van der Waals surface area contributed by atoms with E-state index in [1.807, 2.05) is 48.8 Å². The molecule has 3 aromatic rings. The minimum absolute atomic E-state index is 0.731. The highest BCUT2D eigenvalue weighted by atomic mass is 35.5. The summed E-state index contributed by atoms with van der Waals surface area (Å²) in [5.74, 6) is 1.01. The number of anilines is 1. The molecule has 0 aliphatic carbocycles. The van der Waals surface area contributed by atoms with Crippen LogP contribution in [0.5, 0.6) is 0 Å². The van der Waals surface area contributed by atoms with Crippen LogP contribution in [0.25, 0.3) is 22.4 Å². The lowest BCUT2D eigenvalue weighted by Gasteiger charge is -2.34. The van der Waals surface area contributed by atoms with Gasteiger partial charge in [-0.1, -0.05) is 30.7 Å². The highest BCUT2D eigenvalue weighted by Gasteiger charge is 2.24. The Hall–Kier alpha value is -2.37. The number of H-pyrrole nitrogens is 1. The standard InChI is InChI=1S/C20H22ClN5/c1-2-25-11-13-26(14-12-25)20-18(15-7-9-22-10-8-15)19(23-24-20)16-3-5-17(21)6-4-16/h3-10H,2,11-14H2,1H3,(H,23,24). The summed E-state index contributed by atoms with van der Waals surface area (Å²) in [6.45, 7) is 7.41. The number of halogens is 1. The van der Waals surface area contributed by atoms with Gasteiger partial charge in [-0.15, -0.1) is 0 Å². The summed E-state index contributed by atoms with van der Waals surface area (Å²) in [4.78, 5) is 9.00. The zero-order valence-corrected chi connectivity index (χ0v) is 15.6. The second kappa shape index (κ2) is 7.48. The Balaban J connectivity index is 1.76. The maximum Gasteiger partial charge on any atom is 0.159 e. The number of hydrogen-bond acceptors (Lipinski definition) is 4. The molecule has 1 aliphatic rings. The topological polar surface area (TPSA) is 48.0 Å². The number of aromatic nitrogens is 3. The van der Waals surface area contributed by atoms with Gasteiger partial charge in [-0.3, -0.25) is 10.1 Å². The van der Waals surface area contributed by atoms with Crippen LogP contribution in [-0.2, 0) is 0 Å². The fourth-order valence-electron chi connectivity index (χ4n) is 3.45. The Labute approximate surface area is 158 Å². The maximum absolute atomic E-state index is 6.06. The molecule has 6 heteroatoms. The van der Waals surface area contributed by atoms with Gasteiger partial charge in [-0.2, -0.15) is 5.10 Å². The molecule has 0 atom stereocenters. The molecule has 134 valence electrons. The number of rotatable bonds is 4. The third-order valence-corrected chi connectivity index (χ3v) is 5.22. The molecule has 0 spiro atoms. The first-order chi connectivity index (χ1) is 12.8. The van der Waals surface area contributed by atoms with Gasteiger partial charge < -0.3 is 9.80 Å². The lowest BCUT2D eigenvalue weighted by molar-refractivity contribution is 0.270. The molecule has 4 rings (SSSR count). The van der Waals surface area contributed by atoms with Crippen LogP contribution < -0.4 is 4.90 Å². The number of pyridine rings is 1. The van der Waals surface area contributed by atoms with E-state index in [0.717, 1.165) is 65.9 Å². The van der Waals surface area contributed by atoms with Crippen LogP contribution in [0, 0.1) is 0 Å². The molecule has 0 unspecified atom stereocenters. The molecule has 2 aromatic heterocycles. The van der Waals surface area contributed by atoms with Gasteiger partial charge in [-0.25, -0.2) is 0 Å². The van der Waals surface area contributed by atoms with Crippen LogP contribution >= 0.6 is 11.6 Å². The van der Waals surface area contributed by atoms with Crippen molar-refractivity contribution in [1.29, 1.82) is 0 Å². The summed E-state index contributed by atoms with van der Waals surface area (Å²) in [7, 11) is 0. The highest BCUT2D eigenvalue weighted by Crippen LogP contribution is 2.38. The molecular weight excluding hydrogens is 346 g/mol. The molecule has 5 nitrogen and oxygen atoms in total. The number of aromatic amines is 1. The number of nitrogens with zero attached hydrogens (tertiary/aromatic N) is 4. The second-order valence-electron chi connectivity index (χ2n) is 6.46. The lowest BCUT2D eigenvalue weighted by atomic mass is 10.0. The lowest BCUT2D eigenvalue weighted by Crippen LogP contribution is -2.46. The van der Waals surface area contributed by atoms with E-state index in [9.17, 15) is 0 Å². The molecule has 0 amide bonds. The Kier molecular flexibility index (Phi) is 4.91. The predicted molar refractivity (Wildman–Crippen MR) is 107 cm³/mol. The molecule has 26 heavy (non-hydrogen) atoms. The van der Waals surface area contributed by atoms with Gasteiger partial charge in [0.1, 0.15) is 0 Å². The van der Waals surface area contributed by atoms with E-state index in [0.29, 0.717) is 0 Å². The van der Waals surface area contributed by atoms with Crippen LogP contribution in [0.1, 0.15) is 6.92 Å². The normalized spacial score (nSPS) is 15.4. The van der Waals surface area contributed by atoms with Crippen molar-refractivity contribution in [2.24, 2.45) is 0 Å². The van der Waals surface area contributed by atoms with Crippen LogP contribution in [0.2, 0.25) is 5.02 Å². The first-order valence-electron chi connectivity index (χ1n) is 8.98. The van der Waals surface area contributed by atoms with Crippen LogP contribution in [0.4, 0.5) is 5.82 Å². The third-order valence-electron chi connectivity index (χ3n) is 4.97. The maximum atomic E-state index is 6.06. The molecule has 1 fully saturated rings. The van der Waals surface area contributed by atoms with E-state index in [1.165, 1.54) is 0 Å². The molecule has 1 saturated heterocycles. The van der Waals surface area contributed by atoms with Crippen molar-refractivity contribution >= 4 is 17.4 Å². The molecule has 0 radical (unpaired) electrons. The molecule has 0 bridgehead atoms. The Bertz CT molecular complexity index is 852. The highest BCUT2D eigenvalue weighted by molar-refractivity contribution is 6.30. The quantitative estimate of drug-likeness (QED) is 0.758. The van der Waals surface area contributed by atoms with Crippen LogP contribution in [0.15, 0.2) is 48.8 Å². The first-order valence-corrected chi connectivity index (χ1v) is 9.36. The summed E-state index contributed by atoms with van der Waals surface area (Å²) in [5.41, 5.74) is 4.33. The van der Waals surface area contributed by atoms with E-state index in [1.54, 1.807) is 0 Å². The molecule has 1 aliphatic heterocycles. The van der Waals surface area contributed by atoms with Crippen molar-refractivity contribution in [2.45, 2.75) is 6.92 Å². The van der Waals surface area contributed by atoms with E-state index < -0.39 is 0 Å². The smallest absolute Gasteiger partial charge is 0.159 e. The van der Waals surface area contributed by atoms with Crippen molar-refractivity contribution in [3.8, 4) is 22.4 Å². The summed E-state index contributed by atoms with van der Waals surface area (Å²) in [5, 5.41) is 8.69. The Morgan fingerprint density at radius 2 is 1.65 bits per heavy atom. The van der Waals surface area contributed by atoms with Gasteiger partial charge in [-0.05, 0) is 36.4 Å². The van der Waals surface area contributed by atoms with Gasteiger partial charge >= 0.3 is 0 Å². The zero-order valence-electron chi connectivity index (χ0n) is 14.8. The van der Waals surface area contributed by atoms with Gasteiger partial charge in [0.05, 0.1) is 11.3 Å². The molecule has 1 aromatic carbocycles. The van der Waals surface area contributed by atoms with Gasteiger partial charge in [0.25, 0.3) is 0 Å². The van der Waals surface area contributed by atoms with E-state index >= 15 is 0 Å². The average molecular weight is 368 g/mol. The number of likely N-dealkylation sites (N-methyl/N-ethyl adjacent to an activating group) is 1. The van der Waals surface area contributed by atoms with Gasteiger partial charge in [0.2, 0.25) is 0 Å². The largest absolute Gasteiger partial charge is 0.352 e. The van der Waals surface area contributed by atoms with E-state index in [-0.39, 0.29) is 0 Å². The number of piperazine rings is 1. The van der Waals surface area contributed by atoms with Crippen LogP contribution in [0.3, 0.4) is 0 Å². The van der Waals surface area contributed by atoms with E-state index in [2.05, 4.69) is 26.8 Å². The van der Waals surface area contributed by atoms with Crippen molar-refractivity contribution in [1.82, 2.24) is 20.1 Å². The molecular formula is C20H22ClN5. The zero-order chi connectivity index (χ0) is 17.9. The fraction of sp³-hybridized carbons (Fsp3) is 0.300. The Morgan fingerprint density at radius 1 is 0.962 bits per heavy atom. The minimum atomic E-state index is 0.731. The van der Waals surface area contributed by atoms with Crippen molar-refractivity contribution in [2.75, 3.05) is 37.6 Å². The van der Waals surface area contributed by atoms with Gasteiger partial charge in [0.15, 0.2) is 5.82 Å². The summed E-state index contributed by atoms with van der Waals surface area (Å²) >= 11 is 6.06. The summed E-state index contributed by atoms with van der Waals surface area (Å²) < 4.78 is 0. The molecule has 3 heterocycles. The van der Waals surface area contributed by atoms with Gasteiger partial charge in [0, 0.05) is 49.2 Å². The first kappa shape index (κ1) is 17.1. The minimum Gasteiger partial charge on any atom is -0.352 e. The summed E-state index contributed by atoms with van der Waals surface area (Å²) in [6, 6.07) is 12.0. The number of hydrogen-bond donors (Lipinski definition) is 1. The monoisotopic (exact) mass is 367 g/mol. The van der Waals surface area contributed by atoms with Crippen LogP contribution in [-0.4, -0.2) is 52.8 Å². The Morgan fingerprint density at radius 3 is 2.31 bits per heavy atom. The SMILES string of the molecule is CCN1CCN(c2n[nH]c(-c3ccc(Cl)cc3)c2-c2ccncc2)CC1.